The molecule has 1 aliphatic heterocycles. The Morgan fingerprint density at radius 1 is 1.30 bits per heavy atom. The minimum atomic E-state index is -0.532. The number of rotatable bonds is 7. The molecule has 1 heterocycles. The fraction of sp³-hybridized carbons (Fsp3) is 0.588. The van der Waals surface area contributed by atoms with Gasteiger partial charge in [-0.25, -0.2) is 0 Å². The van der Waals surface area contributed by atoms with Crippen LogP contribution in [0.25, 0.3) is 0 Å². The molecule has 2 rings (SSSR count). The van der Waals surface area contributed by atoms with Crippen LogP contribution in [0.4, 0.5) is 11.4 Å². The summed E-state index contributed by atoms with van der Waals surface area (Å²) in [6.07, 6.45) is 3.63. The van der Waals surface area contributed by atoms with Crippen molar-refractivity contribution in [3.63, 3.8) is 0 Å². The fourth-order valence-electron chi connectivity index (χ4n) is 2.74. The number of carbonyl (C=O) groups is 1. The first-order valence-electron chi connectivity index (χ1n) is 8.22. The quantitative estimate of drug-likeness (QED) is 0.433. The lowest BCUT2D eigenvalue weighted by Gasteiger charge is -2.35. The number of carbonyl (C=O) groups excluding carboxylic acids is 1. The first-order valence-corrected chi connectivity index (χ1v) is 8.22. The van der Waals surface area contributed by atoms with Gasteiger partial charge in [-0.05, 0) is 18.4 Å². The minimum absolute atomic E-state index is 0.0262. The molecule has 0 spiro atoms. The smallest absolute Gasteiger partial charge is 0.271 e. The summed E-state index contributed by atoms with van der Waals surface area (Å²) in [5.74, 6) is 0.484. The van der Waals surface area contributed by atoms with Crippen molar-refractivity contribution in [2.24, 2.45) is 5.92 Å². The average Bonchev–Trinajstić information content (AvgIpc) is 2.51. The number of hydrogen-bond acceptors (Lipinski definition) is 4. The number of nitro benzene ring substituents is 1. The summed E-state index contributed by atoms with van der Waals surface area (Å²) in [5.41, 5.74) is 0.485. The Bertz CT molecular complexity index is 586. The van der Waals surface area contributed by atoms with E-state index in [0.29, 0.717) is 18.0 Å². The Labute approximate surface area is 136 Å². The number of non-ortho nitro benzene ring substituents is 1. The third-order valence-corrected chi connectivity index (χ3v) is 4.05. The van der Waals surface area contributed by atoms with Crippen molar-refractivity contribution >= 4 is 17.3 Å². The average molecular weight is 320 g/mol. The zero-order valence-electron chi connectivity index (χ0n) is 13.9. The van der Waals surface area contributed by atoms with E-state index >= 15 is 0 Å². The van der Waals surface area contributed by atoms with Gasteiger partial charge < -0.3 is 9.64 Å². The number of nitro groups is 1. The molecule has 0 aliphatic carbocycles. The predicted molar refractivity (Wildman–Crippen MR) is 88.8 cm³/mol. The standard InChI is InChI=1S/C17H24N2O4/c1-4-5-6-7-10-18-14-11-13(19(21)22)8-9-15(14)23-16(12(2)3)17(18)20/h8-9,11-12,16H,4-7,10H2,1-3H3. The lowest BCUT2D eigenvalue weighted by molar-refractivity contribution is -0.384. The molecule has 23 heavy (non-hydrogen) atoms. The molecule has 0 bridgehead atoms. The van der Waals surface area contributed by atoms with Gasteiger partial charge in [-0.1, -0.05) is 40.0 Å². The summed E-state index contributed by atoms with van der Waals surface area (Å²) in [7, 11) is 0. The van der Waals surface area contributed by atoms with Gasteiger partial charge in [0.2, 0.25) is 0 Å². The molecule has 6 heteroatoms. The Morgan fingerprint density at radius 2 is 2.04 bits per heavy atom. The highest BCUT2D eigenvalue weighted by molar-refractivity contribution is 6.00. The van der Waals surface area contributed by atoms with Crippen LogP contribution in [-0.4, -0.2) is 23.5 Å². The summed E-state index contributed by atoms with van der Waals surface area (Å²) in [4.78, 5) is 24.9. The Hall–Kier alpha value is -2.11. The van der Waals surface area contributed by atoms with Crippen LogP contribution in [0.15, 0.2) is 18.2 Å². The minimum Gasteiger partial charge on any atom is -0.478 e. The lowest BCUT2D eigenvalue weighted by atomic mass is 10.0. The molecule has 0 aromatic heterocycles. The van der Waals surface area contributed by atoms with Gasteiger partial charge in [-0.3, -0.25) is 14.9 Å². The lowest BCUT2D eigenvalue weighted by Crippen LogP contribution is -2.48. The third-order valence-electron chi connectivity index (χ3n) is 4.05. The number of benzene rings is 1. The van der Waals surface area contributed by atoms with E-state index in [1.165, 1.54) is 12.1 Å². The van der Waals surface area contributed by atoms with Gasteiger partial charge in [0.1, 0.15) is 5.75 Å². The van der Waals surface area contributed by atoms with Crippen molar-refractivity contribution in [3.8, 4) is 5.75 Å². The summed E-state index contributed by atoms with van der Waals surface area (Å²) in [6, 6.07) is 4.44. The molecule has 0 radical (unpaired) electrons. The van der Waals surface area contributed by atoms with E-state index in [1.54, 1.807) is 11.0 Å². The summed E-state index contributed by atoms with van der Waals surface area (Å²) < 4.78 is 5.78. The van der Waals surface area contributed by atoms with Crippen molar-refractivity contribution in [2.75, 3.05) is 11.4 Å². The second-order valence-corrected chi connectivity index (χ2v) is 6.24. The molecular weight excluding hydrogens is 296 g/mol. The van der Waals surface area contributed by atoms with Gasteiger partial charge in [0.05, 0.1) is 10.6 Å². The van der Waals surface area contributed by atoms with Crippen LogP contribution in [0.1, 0.15) is 46.5 Å². The van der Waals surface area contributed by atoms with Gasteiger partial charge in [0.15, 0.2) is 6.10 Å². The maximum absolute atomic E-state index is 12.7. The second kappa shape index (κ2) is 7.44. The van der Waals surface area contributed by atoms with Gasteiger partial charge in [-0.2, -0.15) is 0 Å². The molecule has 126 valence electrons. The molecule has 1 amide bonds. The molecule has 1 unspecified atom stereocenters. The van der Waals surface area contributed by atoms with E-state index < -0.39 is 11.0 Å². The van der Waals surface area contributed by atoms with Crippen LogP contribution in [-0.2, 0) is 4.79 Å². The van der Waals surface area contributed by atoms with E-state index in [-0.39, 0.29) is 17.5 Å². The highest BCUT2D eigenvalue weighted by atomic mass is 16.6. The Morgan fingerprint density at radius 3 is 2.65 bits per heavy atom. The molecule has 1 aliphatic rings. The molecule has 1 aromatic carbocycles. The number of amides is 1. The van der Waals surface area contributed by atoms with Crippen LogP contribution >= 0.6 is 0 Å². The molecular formula is C17H24N2O4. The number of unbranched alkanes of at least 4 members (excludes halogenated alkanes) is 3. The zero-order chi connectivity index (χ0) is 17.0. The first kappa shape index (κ1) is 17.2. The van der Waals surface area contributed by atoms with Gasteiger partial charge in [0, 0.05) is 18.7 Å². The third kappa shape index (κ3) is 3.81. The number of ether oxygens (including phenoxy) is 1. The van der Waals surface area contributed by atoms with Gasteiger partial charge in [0.25, 0.3) is 11.6 Å². The van der Waals surface area contributed by atoms with Crippen molar-refractivity contribution < 1.29 is 14.5 Å². The number of hydrogen-bond donors (Lipinski definition) is 0. The van der Waals surface area contributed by atoms with E-state index in [0.717, 1.165) is 25.7 Å². The maximum Gasteiger partial charge on any atom is 0.271 e. The molecule has 1 aromatic rings. The van der Waals surface area contributed by atoms with E-state index in [9.17, 15) is 14.9 Å². The highest BCUT2D eigenvalue weighted by Gasteiger charge is 2.36. The molecule has 0 N–H and O–H groups in total. The van der Waals surface area contributed by atoms with E-state index in [1.807, 2.05) is 13.8 Å². The maximum atomic E-state index is 12.7. The molecule has 0 fully saturated rings. The van der Waals surface area contributed by atoms with Crippen molar-refractivity contribution in [2.45, 2.75) is 52.6 Å². The monoisotopic (exact) mass is 320 g/mol. The van der Waals surface area contributed by atoms with Crippen molar-refractivity contribution in [3.05, 3.63) is 28.3 Å². The SMILES string of the molecule is CCCCCCN1C(=O)C(C(C)C)Oc2ccc([N+](=O)[O-])cc21. The van der Waals surface area contributed by atoms with Gasteiger partial charge in [-0.15, -0.1) is 0 Å². The Balaban J connectivity index is 2.30. The summed E-state index contributed by atoms with van der Waals surface area (Å²) in [5, 5.41) is 11.0. The van der Waals surface area contributed by atoms with Crippen molar-refractivity contribution in [1.29, 1.82) is 0 Å². The topological polar surface area (TPSA) is 72.7 Å². The molecule has 0 saturated carbocycles. The van der Waals surface area contributed by atoms with Crippen LogP contribution in [0.5, 0.6) is 5.75 Å². The van der Waals surface area contributed by atoms with Crippen LogP contribution < -0.4 is 9.64 Å². The zero-order valence-corrected chi connectivity index (χ0v) is 13.9. The molecule has 6 nitrogen and oxygen atoms in total. The van der Waals surface area contributed by atoms with Crippen LogP contribution in [0.3, 0.4) is 0 Å². The Kier molecular flexibility index (Phi) is 5.58. The first-order chi connectivity index (χ1) is 11.0. The predicted octanol–water partition coefficient (Wildman–Crippen LogP) is 3.93. The van der Waals surface area contributed by atoms with Crippen LogP contribution in [0.2, 0.25) is 0 Å². The number of nitrogens with zero attached hydrogens (tertiary/aromatic N) is 2. The molecule has 0 saturated heterocycles. The highest BCUT2D eigenvalue weighted by Crippen LogP contribution is 2.38. The largest absolute Gasteiger partial charge is 0.478 e. The summed E-state index contributed by atoms with van der Waals surface area (Å²) in [6.45, 7) is 6.58. The summed E-state index contributed by atoms with van der Waals surface area (Å²) >= 11 is 0. The van der Waals surface area contributed by atoms with E-state index in [2.05, 4.69) is 6.92 Å². The molecule has 1 atom stereocenters. The fourth-order valence-corrected chi connectivity index (χ4v) is 2.74. The number of fused-ring (bicyclic) bond motifs is 1. The van der Waals surface area contributed by atoms with Crippen LogP contribution in [0, 0.1) is 16.0 Å². The van der Waals surface area contributed by atoms with E-state index in [4.69, 9.17) is 4.74 Å². The number of anilines is 1. The van der Waals surface area contributed by atoms with Gasteiger partial charge >= 0.3 is 0 Å². The second-order valence-electron chi connectivity index (χ2n) is 6.24. The normalized spacial score (nSPS) is 17.1. The van der Waals surface area contributed by atoms with Crippen molar-refractivity contribution in [1.82, 2.24) is 0 Å².